The Morgan fingerprint density at radius 1 is 0.682 bits per heavy atom. The van der Waals surface area contributed by atoms with Gasteiger partial charge >= 0.3 is 0 Å². The van der Waals surface area contributed by atoms with Crippen LogP contribution in [0.2, 0.25) is 51.4 Å². The molecule has 0 aliphatic carbocycles. The van der Waals surface area contributed by atoms with Crippen LogP contribution in [0.1, 0.15) is 26.7 Å². The summed E-state index contributed by atoms with van der Waals surface area (Å²) in [6, 6.07) is 2.37. The molecule has 2 nitrogen and oxygen atoms in total. The van der Waals surface area contributed by atoms with Crippen LogP contribution in [0, 0.1) is 0 Å². The van der Waals surface area contributed by atoms with Crippen molar-refractivity contribution in [3.63, 3.8) is 0 Å². The molecule has 0 radical (unpaired) electrons. The molecule has 0 rings (SSSR count). The molecule has 0 saturated carbocycles. The van der Waals surface area contributed by atoms with Gasteiger partial charge in [-0.3, -0.25) is 0 Å². The van der Waals surface area contributed by atoms with Gasteiger partial charge in [-0.2, -0.15) is 0 Å². The van der Waals surface area contributed by atoms with Crippen LogP contribution >= 0.6 is 0 Å². The fourth-order valence-electron chi connectivity index (χ4n) is 1.92. The smallest absolute Gasteiger partial charge is 0.0921 e. The molecule has 0 unspecified atom stereocenters. The van der Waals surface area contributed by atoms with Crippen molar-refractivity contribution in [2.45, 2.75) is 78.1 Å². The van der Waals surface area contributed by atoms with E-state index in [1.807, 2.05) is 0 Å². The molecule has 0 bridgehead atoms. The highest BCUT2D eigenvalue weighted by Gasteiger charge is 2.14. The van der Waals surface area contributed by atoms with E-state index in [1.165, 1.54) is 12.1 Å². The predicted octanol–water partition coefficient (Wildman–Crippen LogP) is 6.28. The van der Waals surface area contributed by atoms with Gasteiger partial charge in [0.2, 0.25) is 0 Å². The zero-order valence-corrected chi connectivity index (χ0v) is 18.2. The first-order chi connectivity index (χ1) is 10.1. The van der Waals surface area contributed by atoms with Gasteiger partial charge in [-0.15, -0.1) is 0 Å². The third-order valence-corrected chi connectivity index (χ3v) is 6.02. The molecule has 0 aliphatic rings. The molecule has 4 heteroatoms. The molecule has 0 saturated heterocycles. The monoisotopic (exact) mass is 342 g/mol. The topological polar surface area (TPSA) is 18.5 Å². The normalized spacial score (nSPS) is 14.2. The van der Waals surface area contributed by atoms with Crippen molar-refractivity contribution >= 4 is 16.1 Å². The Labute approximate surface area is 141 Å². The van der Waals surface area contributed by atoms with Crippen molar-refractivity contribution < 1.29 is 9.47 Å². The molecule has 0 aromatic rings. The van der Waals surface area contributed by atoms with Crippen LogP contribution < -0.4 is 0 Å². The molecule has 0 aromatic heterocycles. The third kappa shape index (κ3) is 13.2. The van der Waals surface area contributed by atoms with E-state index in [9.17, 15) is 0 Å². The Morgan fingerprint density at radius 2 is 1.00 bits per heavy atom. The second-order valence-electron chi connectivity index (χ2n) is 8.24. The van der Waals surface area contributed by atoms with E-state index in [2.05, 4.69) is 65.3 Å². The lowest BCUT2D eigenvalue weighted by molar-refractivity contribution is 0.195. The molecule has 0 heterocycles. The second-order valence-corrected chi connectivity index (χ2v) is 19.3. The summed E-state index contributed by atoms with van der Waals surface area (Å²) in [4.78, 5) is 0. The van der Waals surface area contributed by atoms with Crippen molar-refractivity contribution in [2.75, 3.05) is 13.2 Å². The summed E-state index contributed by atoms with van der Waals surface area (Å²) >= 11 is 0. The molecule has 0 amide bonds. The zero-order valence-electron chi connectivity index (χ0n) is 16.2. The zero-order chi connectivity index (χ0) is 17.2. The summed E-state index contributed by atoms with van der Waals surface area (Å²) in [7, 11) is -2.11. The van der Waals surface area contributed by atoms with E-state index in [0.29, 0.717) is 0 Å². The van der Waals surface area contributed by atoms with E-state index in [-0.39, 0.29) is 0 Å². The Bertz CT molecular complexity index is 324. The lowest BCUT2D eigenvalue weighted by atomic mass is 10.2. The summed E-state index contributed by atoms with van der Waals surface area (Å²) < 4.78 is 11.6. The molecule has 130 valence electrons. The van der Waals surface area contributed by atoms with Gasteiger partial charge in [-0.25, -0.2) is 0 Å². The average molecular weight is 343 g/mol. The van der Waals surface area contributed by atoms with Crippen LogP contribution in [0.15, 0.2) is 23.7 Å². The lowest BCUT2D eigenvalue weighted by Crippen LogP contribution is -2.18. The first-order valence-corrected chi connectivity index (χ1v) is 16.1. The standard InChI is InChI=1S/C18H38O2Si2/c1-9-19-17(13-15-21(3,4)5)11-12-18(20-10-2)14-16-22(6,7)8/h13-14H,9-12,15-16H2,1-8H3. The van der Waals surface area contributed by atoms with Gasteiger partial charge < -0.3 is 9.47 Å². The van der Waals surface area contributed by atoms with E-state index in [1.54, 1.807) is 0 Å². The Kier molecular flexibility index (Phi) is 10.1. The van der Waals surface area contributed by atoms with Gasteiger partial charge in [-0.1, -0.05) is 39.3 Å². The summed E-state index contributed by atoms with van der Waals surface area (Å²) in [5, 5.41) is 0. The largest absolute Gasteiger partial charge is 0.499 e. The number of rotatable bonds is 11. The summed E-state index contributed by atoms with van der Waals surface area (Å²) in [5.74, 6) is 2.28. The van der Waals surface area contributed by atoms with Crippen LogP contribution in [0.5, 0.6) is 0 Å². The maximum absolute atomic E-state index is 5.82. The number of hydrogen-bond donors (Lipinski definition) is 0. The molecule has 0 fully saturated rings. The molecule has 0 N–H and O–H groups in total. The minimum Gasteiger partial charge on any atom is -0.499 e. The molecule has 0 aromatic carbocycles. The van der Waals surface area contributed by atoms with E-state index >= 15 is 0 Å². The minimum absolute atomic E-state index is 0.750. The van der Waals surface area contributed by atoms with Gasteiger partial charge in [0.1, 0.15) is 0 Å². The molecule has 0 aliphatic heterocycles. The highest BCUT2D eigenvalue weighted by molar-refractivity contribution is 6.76. The predicted molar refractivity (Wildman–Crippen MR) is 105 cm³/mol. The van der Waals surface area contributed by atoms with Crippen LogP contribution in [-0.2, 0) is 9.47 Å². The second kappa shape index (κ2) is 10.3. The highest BCUT2D eigenvalue weighted by Crippen LogP contribution is 2.20. The third-order valence-electron chi connectivity index (χ3n) is 3.16. The highest BCUT2D eigenvalue weighted by atomic mass is 28.3. The fraction of sp³-hybridized carbons (Fsp3) is 0.778. The van der Waals surface area contributed by atoms with E-state index in [4.69, 9.17) is 9.47 Å². The van der Waals surface area contributed by atoms with Crippen LogP contribution in [0.4, 0.5) is 0 Å². The van der Waals surface area contributed by atoms with Gasteiger partial charge in [0.15, 0.2) is 0 Å². The average Bonchev–Trinajstić information content (AvgIpc) is 2.36. The van der Waals surface area contributed by atoms with Gasteiger partial charge in [-0.05, 0) is 38.1 Å². The minimum atomic E-state index is -1.06. The summed E-state index contributed by atoms with van der Waals surface area (Å²) in [5.41, 5.74) is 0. The van der Waals surface area contributed by atoms with Crippen LogP contribution in [0.3, 0.4) is 0 Å². The number of ether oxygens (including phenoxy) is 2. The van der Waals surface area contributed by atoms with Crippen molar-refractivity contribution in [2.24, 2.45) is 0 Å². The Balaban J connectivity index is 4.69. The molecule has 22 heavy (non-hydrogen) atoms. The lowest BCUT2D eigenvalue weighted by Gasteiger charge is -2.17. The van der Waals surface area contributed by atoms with Crippen molar-refractivity contribution in [1.82, 2.24) is 0 Å². The van der Waals surface area contributed by atoms with Crippen molar-refractivity contribution in [3.05, 3.63) is 23.7 Å². The fourth-order valence-corrected chi connectivity index (χ4v) is 3.60. The number of allylic oxidation sites excluding steroid dienone is 4. The Morgan fingerprint density at radius 3 is 1.23 bits per heavy atom. The molecule has 0 spiro atoms. The SMILES string of the molecule is CCOC(=CC[Si](C)(C)C)CCC(=CC[Si](C)(C)C)OCC. The number of hydrogen-bond acceptors (Lipinski definition) is 2. The Hall–Kier alpha value is -0.486. The summed E-state index contributed by atoms with van der Waals surface area (Å²) in [6.45, 7) is 20.0. The van der Waals surface area contributed by atoms with Gasteiger partial charge in [0, 0.05) is 29.0 Å². The van der Waals surface area contributed by atoms with E-state index < -0.39 is 16.1 Å². The van der Waals surface area contributed by atoms with E-state index in [0.717, 1.165) is 37.6 Å². The van der Waals surface area contributed by atoms with Crippen LogP contribution in [0.25, 0.3) is 0 Å². The molecular formula is C18H38O2Si2. The molecule has 0 atom stereocenters. The van der Waals surface area contributed by atoms with Gasteiger partial charge in [0.25, 0.3) is 0 Å². The first-order valence-electron chi connectivity index (χ1n) is 8.71. The van der Waals surface area contributed by atoms with Crippen molar-refractivity contribution in [3.8, 4) is 0 Å². The quantitative estimate of drug-likeness (QED) is 0.325. The maximum Gasteiger partial charge on any atom is 0.0921 e. The van der Waals surface area contributed by atoms with Crippen molar-refractivity contribution in [1.29, 1.82) is 0 Å². The molecular weight excluding hydrogens is 304 g/mol. The summed E-state index contributed by atoms with van der Waals surface area (Å²) in [6.07, 6.45) is 6.54. The van der Waals surface area contributed by atoms with Crippen LogP contribution in [-0.4, -0.2) is 29.4 Å². The first kappa shape index (κ1) is 21.5. The van der Waals surface area contributed by atoms with Gasteiger partial charge in [0.05, 0.1) is 24.7 Å². The maximum atomic E-state index is 5.82.